The fourth-order valence-corrected chi connectivity index (χ4v) is 2.83. The lowest BCUT2D eigenvalue weighted by atomic mass is 10.1. The molecule has 4 heteroatoms. The van der Waals surface area contributed by atoms with E-state index in [0.717, 1.165) is 36.9 Å². The number of nitrogens with one attached hydrogen (secondary N) is 2. The fourth-order valence-electron chi connectivity index (χ4n) is 2.38. The standard InChI is InChI=1S/C15H21BrN2O/c16-14-5-1-3-12(9-14)4-2-6-15(19)18-11-13-7-8-17-10-13/h1,3,5,9,13,17H,2,4,6-8,10-11H2,(H,18,19). The summed E-state index contributed by atoms with van der Waals surface area (Å²) in [5, 5.41) is 6.34. The molecule has 3 nitrogen and oxygen atoms in total. The molecule has 1 aliphatic rings. The van der Waals surface area contributed by atoms with Gasteiger partial charge in [0.2, 0.25) is 5.91 Å². The molecule has 0 aliphatic carbocycles. The number of carbonyl (C=O) groups is 1. The lowest BCUT2D eigenvalue weighted by molar-refractivity contribution is -0.121. The van der Waals surface area contributed by atoms with Gasteiger partial charge >= 0.3 is 0 Å². The number of hydrogen-bond donors (Lipinski definition) is 2. The van der Waals surface area contributed by atoms with E-state index in [0.29, 0.717) is 12.3 Å². The van der Waals surface area contributed by atoms with Crippen LogP contribution in [0.4, 0.5) is 0 Å². The topological polar surface area (TPSA) is 41.1 Å². The van der Waals surface area contributed by atoms with Crippen molar-refractivity contribution in [2.24, 2.45) is 5.92 Å². The summed E-state index contributed by atoms with van der Waals surface area (Å²) in [4.78, 5) is 11.7. The van der Waals surface area contributed by atoms with Gasteiger partial charge in [0.25, 0.3) is 0 Å². The average Bonchev–Trinajstić information content (AvgIpc) is 2.89. The van der Waals surface area contributed by atoms with E-state index < -0.39 is 0 Å². The van der Waals surface area contributed by atoms with Crippen molar-refractivity contribution in [1.29, 1.82) is 0 Å². The van der Waals surface area contributed by atoms with Crippen LogP contribution in [0.25, 0.3) is 0 Å². The van der Waals surface area contributed by atoms with E-state index in [4.69, 9.17) is 0 Å². The predicted molar refractivity (Wildman–Crippen MR) is 81.1 cm³/mol. The van der Waals surface area contributed by atoms with Crippen molar-refractivity contribution < 1.29 is 4.79 Å². The van der Waals surface area contributed by atoms with E-state index in [1.54, 1.807) is 0 Å². The summed E-state index contributed by atoms with van der Waals surface area (Å²) in [6, 6.07) is 8.27. The summed E-state index contributed by atoms with van der Waals surface area (Å²) in [5.41, 5.74) is 1.28. The van der Waals surface area contributed by atoms with Gasteiger partial charge in [-0.3, -0.25) is 4.79 Å². The van der Waals surface area contributed by atoms with Crippen molar-refractivity contribution in [3.8, 4) is 0 Å². The molecule has 1 aromatic rings. The Kier molecular flexibility index (Phi) is 5.86. The third kappa shape index (κ3) is 5.33. The molecule has 0 spiro atoms. The van der Waals surface area contributed by atoms with Crippen molar-refractivity contribution >= 4 is 21.8 Å². The zero-order chi connectivity index (χ0) is 13.5. The van der Waals surface area contributed by atoms with Crippen molar-refractivity contribution in [2.75, 3.05) is 19.6 Å². The number of amides is 1. The summed E-state index contributed by atoms with van der Waals surface area (Å²) in [6.07, 6.45) is 3.66. The molecule has 1 amide bonds. The second kappa shape index (κ2) is 7.65. The molecular formula is C15H21BrN2O. The molecule has 104 valence electrons. The number of halogens is 1. The Labute approximate surface area is 123 Å². The summed E-state index contributed by atoms with van der Waals surface area (Å²) in [6.45, 7) is 2.95. The Morgan fingerprint density at radius 2 is 2.37 bits per heavy atom. The van der Waals surface area contributed by atoms with Crippen LogP contribution in [0, 0.1) is 5.92 Å². The quantitative estimate of drug-likeness (QED) is 0.844. The molecule has 0 saturated carbocycles. The van der Waals surface area contributed by atoms with Crippen molar-refractivity contribution in [1.82, 2.24) is 10.6 Å². The minimum atomic E-state index is 0.182. The number of benzene rings is 1. The summed E-state index contributed by atoms with van der Waals surface area (Å²) >= 11 is 3.46. The number of rotatable bonds is 6. The minimum absolute atomic E-state index is 0.182. The molecule has 0 aromatic heterocycles. The minimum Gasteiger partial charge on any atom is -0.356 e. The van der Waals surface area contributed by atoms with Crippen molar-refractivity contribution in [2.45, 2.75) is 25.7 Å². The van der Waals surface area contributed by atoms with E-state index in [-0.39, 0.29) is 5.91 Å². The van der Waals surface area contributed by atoms with Gasteiger partial charge in [0.05, 0.1) is 0 Å². The third-order valence-corrected chi connectivity index (χ3v) is 4.00. The highest BCUT2D eigenvalue weighted by Gasteiger charge is 2.14. The average molecular weight is 325 g/mol. The lowest BCUT2D eigenvalue weighted by Crippen LogP contribution is -2.30. The highest BCUT2D eigenvalue weighted by Crippen LogP contribution is 2.13. The van der Waals surface area contributed by atoms with E-state index in [2.05, 4.69) is 38.7 Å². The van der Waals surface area contributed by atoms with E-state index in [1.807, 2.05) is 12.1 Å². The summed E-state index contributed by atoms with van der Waals surface area (Å²) in [5.74, 6) is 0.802. The van der Waals surface area contributed by atoms with Gasteiger partial charge in [0.15, 0.2) is 0 Å². The predicted octanol–water partition coefficient (Wildman–Crippen LogP) is 2.50. The molecule has 1 aromatic carbocycles. The van der Waals surface area contributed by atoms with E-state index in [1.165, 1.54) is 12.0 Å². The van der Waals surface area contributed by atoms with Gasteiger partial charge in [-0.1, -0.05) is 28.1 Å². The first-order valence-electron chi connectivity index (χ1n) is 6.96. The maximum Gasteiger partial charge on any atom is 0.220 e. The zero-order valence-corrected chi connectivity index (χ0v) is 12.7. The van der Waals surface area contributed by atoms with Crippen LogP contribution in [0.2, 0.25) is 0 Å². The Hall–Kier alpha value is -0.870. The maximum atomic E-state index is 11.7. The van der Waals surface area contributed by atoms with Crippen molar-refractivity contribution in [3.05, 3.63) is 34.3 Å². The molecule has 1 unspecified atom stereocenters. The van der Waals surface area contributed by atoms with Gasteiger partial charge in [-0.15, -0.1) is 0 Å². The largest absolute Gasteiger partial charge is 0.356 e. The first kappa shape index (κ1) is 14.5. The third-order valence-electron chi connectivity index (χ3n) is 3.51. The molecule has 1 aliphatic heterocycles. The van der Waals surface area contributed by atoms with Crippen LogP contribution in [-0.4, -0.2) is 25.5 Å². The Morgan fingerprint density at radius 3 is 3.11 bits per heavy atom. The van der Waals surface area contributed by atoms with Crippen LogP contribution in [-0.2, 0) is 11.2 Å². The first-order valence-corrected chi connectivity index (χ1v) is 7.75. The SMILES string of the molecule is O=C(CCCc1cccc(Br)c1)NCC1CCNC1. The molecule has 1 saturated heterocycles. The van der Waals surface area contributed by atoms with Gasteiger partial charge in [-0.25, -0.2) is 0 Å². The van der Waals surface area contributed by atoms with Crippen molar-refractivity contribution in [3.63, 3.8) is 0 Å². The second-order valence-corrected chi connectivity index (χ2v) is 6.06. The zero-order valence-electron chi connectivity index (χ0n) is 11.1. The smallest absolute Gasteiger partial charge is 0.220 e. The van der Waals surface area contributed by atoms with Gasteiger partial charge in [-0.05, 0) is 56.0 Å². The van der Waals surface area contributed by atoms with Crippen LogP contribution >= 0.6 is 15.9 Å². The van der Waals surface area contributed by atoms with Gasteiger partial charge in [-0.2, -0.15) is 0 Å². The summed E-state index contributed by atoms with van der Waals surface area (Å²) in [7, 11) is 0. The van der Waals surface area contributed by atoms with Crippen LogP contribution in [0.3, 0.4) is 0 Å². The highest BCUT2D eigenvalue weighted by atomic mass is 79.9. The molecule has 2 N–H and O–H groups in total. The molecule has 19 heavy (non-hydrogen) atoms. The maximum absolute atomic E-state index is 11.7. The van der Waals surface area contributed by atoms with Crippen LogP contribution in [0.15, 0.2) is 28.7 Å². The Balaban J connectivity index is 1.60. The molecular weight excluding hydrogens is 304 g/mol. The normalized spacial score (nSPS) is 18.5. The number of aryl methyl sites for hydroxylation is 1. The monoisotopic (exact) mass is 324 g/mol. The first-order chi connectivity index (χ1) is 9.24. The fraction of sp³-hybridized carbons (Fsp3) is 0.533. The molecule has 2 rings (SSSR count). The number of carbonyl (C=O) groups excluding carboxylic acids is 1. The molecule has 1 heterocycles. The van der Waals surface area contributed by atoms with Gasteiger partial charge in [0, 0.05) is 17.4 Å². The lowest BCUT2D eigenvalue weighted by Gasteiger charge is -2.10. The molecule has 1 atom stereocenters. The van der Waals surface area contributed by atoms with Crippen LogP contribution < -0.4 is 10.6 Å². The second-order valence-electron chi connectivity index (χ2n) is 5.15. The van der Waals surface area contributed by atoms with E-state index in [9.17, 15) is 4.79 Å². The highest BCUT2D eigenvalue weighted by molar-refractivity contribution is 9.10. The van der Waals surface area contributed by atoms with Crippen LogP contribution in [0.1, 0.15) is 24.8 Å². The summed E-state index contributed by atoms with van der Waals surface area (Å²) < 4.78 is 1.10. The molecule has 0 bridgehead atoms. The molecule has 0 radical (unpaired) electrons. The van der Waals surface area contributed by atoms with Crippen LogP contribution in [0.5, 0.6) is 0 Å². The van der Waals surface area contributed by atoms with Gasteiger partial charge in [0.1, 0.15) is 0 Å². The molecule has 1 fully saturated rings. The van der Waals surface area contributed by atoms with Gasteiger partial charge < -0.3 is 10.6 Å². The Morgan fingerprint density at radius 1 is 1.47 bits per heavy atom. The van der Waals surface area contributed by atoms with E-state index >= 15 is 0 Å². The number of hydrogen-bond acceptors (Lipinski definition) is 2. The Bertz CT molecular complexity index is 416.